The number of hydrogen-bond acceptors (Lipinski definition) is 5. The van der Waals surface area contributed by atoms with Gasteiger partial charge in [-0.05, 0) is 106 Å². The van der Waals surface area contributed by atoms with Gasteiger partial charge in [0, 0.05) is 16.6 Å². The third kappa shape index (κ3) is 5.92. The summed E-state index contributed by atoms with van der Waals surface area (Å²) in [4.78, 5) is 0. The van der Waals surface area contributed by atoms with Crippen LogP contribution in [0.3, 0.4) is 0 Å². The Kier molecular flexibility index (Phi) is 7.54. The van der Waals surface area contributed by atoms with Crippen LogP contribution in [-0.4, -0.2) is 27.5 Å². The Labute approximate surface area is 231 Å². The molecule has 0 amide bonds. The van der Waals surface area contributed by atoms with Crippen LogP contribution in [0.25, 0.3) is 6.08 Å². The first-order valence-corrected chi connectivity index (χ1v) is 15.0. The number of hydroxylamine groups is 2. The van der Waals surface area contributed by atoms with E-state index in [-0.39, 0.29) is 16.9 Å². The van der Waals surface area contributed by atoms with Crippen LogP contribution in [0.1, 0.15) is 112 Å². The number of rotatable bonds is 2. The zero-order valence-electron chi connectivity index (χ0n) is 25.6. The molecule has 6 heteroatoms. The summed E-state index contributed by atoms with van der Waals surface area (Å²) in [5, 5.41) is 12.3. The molecule has 2 aliphatic heterocycles. The van der Waals surface area contributed by atoms with E-state index in [0.29, 0.717) is 12.8 Å². The SMILES string of the molecule is CC1=C2OP(OC3CC(C)(C)N(O)C(C)(C)C3)Oc3c(C)cc(C(C)(C)C)cc3C=C2CC(C(C)(C)C)=C1. The van der Waals surface area contributed by atoms with Gasteiger partial charge in [0.2, 0.25) is 0 Å². The molecule has 1 N–H and O–H groups in total. The summed E-state index contributed by atoms with van der Waals surface area (Å²) in [6.45, 7) is 26.0. The summed E-state index contributed by atoms with van der Waals surface area (Å²) in [5.74, 6) is 1.70. The Balaban J connectivity index is 1.80. The number of fused-ring (bicyclic) bond motifs is 2. The standard InChI is InChI=1S/C32H48NO4P/c1-20-13-24(29(3,4)5)16-22-15-23-17-25(30(6,7)8)14-21(2)28(23)37-38(36-27(20)22)35-26-18-31(9,10)33(34)32(11,12)19-26/h13-16,26,34H,17-19H2,1-12H3. The van der Waals surface area contributed by atoms with Crippen LogP contribution in [-0.2, 0) is 14.5 Å². The Morgan fingerprint density at radius 3 is 2.08 bits per heavy atom. The normalized spacial score (nSPS) is 24.3. The van der Waals surface area contributed by atoms with E-state index in [2.05, 4.69) is 107 Å². The molecule has 2 heterocycles. The third-order valence-electron chi connectivity index (χ3n) is 8.05. The van der Waals surface area contributed by atoms with Crippen molar-refractivity contribution in [2.24, 2.45) is 5.41 Å². The van der Waals surface area contributed by atoms with Gasteiger partial charge in [-0.2, -0.15) is 5.06 Å². The monoisotopic (exact) mass is 541 g/mol. The first-order valence-electron chi connectivity index (χ1n) is 13.9. The van der Waals surface area contributed by atoms with Crippen molar-refractivity contribution in [3.8, 4) is 5.75 Å². The van der Waals surface area contributed by atoms with E-state index in [0.717, 1.165) is 34.6 Å². The molecule has 0 bridgehead atoms. The fraction of sp³-hybridized carbons (Fsp3) is 0.625. The number of nitrogens with zero attached hydrogens (tertiary/aromatic N) is 1. The molecule has 4 rings (SSSR count). The average molecular weight is 542 g/mol. The van der Waals surface area contributed by atoms with Gasteiger partial charge in [-0.1, -0.05) is 59.3 Å². The number of hydrogen-bond donors (Lipinski definition) is 1. The molecule has 1 atom stereocenters. The lowest BCUT2D eigenvalue weighted by atomic mass is 9.78. The Bertz CT molecular complexity index is 1180. The summed E-state index contributed by atoms with van der Waals surface area (Å²) in [7, 11) is -1.72. The van der Waals surface area contributed by atoms with Crippen molar-refractivity contribution in [1.29, 1.82) is 0 Å². The minimum Gasteiger partial charge on any atom is -0.417 e. The van der Waals surface area contributed by atoms with Gasteiger partial charge in [0.05, 0.1) is 6.10 Å². The number of allylic oxidation sites excluding steroid dienone is 4. The fourth-order valence-electron chi connectivity index (χ4n) is 5.89. The maximum absolute atomic E-state index is 10.8. The highest BCUT2D eigenvalue weighted by Crippen LogP contribution is 2.54. The van der Waals surface area contributed by atoms with E-state index in [9.17, 15) is 5.21 Å². The topological polar surface area (TPSA) is 51.2 Å². The Hall–Kier alpha value is -1.65. The maximum atomic E-state index is 10.8. The Morgan fingerprint density at radius 1 is 0.921 bits per heavy atom. The van der Waals surface area contributed by atoms with Gasteiger partial charge < -0.3 is 14.3 Å². The molecule has 5 nitrogen and oxygen atoms in total. The predicted octanol–water partition coefficient (Wildman–Crippen LogP) is 9.39. The smallest absolute Gasteiger partial charge is 0.417 e. The second-order valence-corrected chi connectivity index (χ2v) is 15.7. The van der Waals surface area contributed by atoms with Crippen LogP contribution in [0.2, 0.25) is 0 Å². The van der Waals surface area contributed by atoms with Crippen molar-refractivity contribution in [3.63, 3.8) is 0 Å². The van der Waals surface area contributed by atoms with Crippen molar-refractivity contribution >= 4 is 14.7 Å². The molecule has 1 aliphatic carbocycles. The van der Waals surface area contributed by atoms with E-state index >= 15 is 0 Å². The van der Waals surface area contributed by atoms with Crippen LogP contribution in [0.4, 0.5) is 0 Å². The lowest BCUT2D eigenvalue weighted by Gasteiger charge is -2.51. The number of piperidine rings is 1. The molecule has 3 aliphatic rings. The summed E-state index contributed by atoms with van der Waals surface area (Å²) >= 11 is 0. The molecule has 0 spiro atoms. The highest BCUT2D eigenvalue weighted by atomic mass is 31.2. The van der Waals surface area contributed by atoms with Crippen LogP contribution < -0.4 is 4.52 Å². The second-order valence-electron chi connectivity index (χ2n) is 14.7. The molecule has 0 aromatic heterocycles. The molecule has 1 saturated heterocycles. The van der Waals surface area contributed by atoms with Crippen LogP contribution >= 0.6 is 8.60 Å². The third-order valence-corrected chi connectivity index (χ3v) is 9.19. The molecule has 1 unspecified atom stereocenters. The largest absolute Gasteiger partial charge is 0.463 e. The van der Waals surface area contributed by atoms with E-state index in [1.807, 2.05) is 0 Å². The zero-order chi connectivity index (χ0) is 28.4. The van der Waals surface area contributed by atoms with E-state index < -0.39 is 19.7 Å². The summed E-state index contributed by atoms with van der Waals surface area (Å²) in [6.07, 6.45) is 6.63. The van der Waals surface area contributed by atoms with Gasteiger partial charge in [0.15, 0.2) is 0 Å². The van der Waals surface area contributed by atoms with Gasteiger partial charge in [-0.3, -0.25) is 4.52 Å². The van der Waals surface area contributed by atoms with Crippen molar-refractivity contribution in [1.82, 2.24) is 5.06 Å². The highest BCUT2D eigenvalue weighted by molar-refractivity contribution is 7.42. The van der Waals surface area contributed by atoms with Crippen LogP contribution in [0.15, 0.2) is 40.7 Å². The molecule has 0 radical (unpaired) electrons. The minimum absolute atomic E-state index is 0.0193. The van der Waals surface area contributed by atoms with Gasteiger partial charge in [0.1, 0.15) is 11.5 Å². The van der Waals surface area contributed by atoms with Crippen LogP contribution in [0.5, 0.6) is 5.75 Å². The minimum atomic E-state index is -1.72. The average Bonchev–Trinajstić information content (AvgIpc) is 2.72. The van der Waals surface area contributed by atoms with Crippen molar-refractivity contribution in [2.75, 3.05) is 0 Å². The summed E-state index contributed by atoms with van der Waals surface area (Å²) in [5.41, 5.74) is 6.36. The molecule has 1 aromatic carbocycles. The van der Waals surface area contributed by atoms with Gasteiger partial charge in [-0.15, -0.1) is 0 Å². The second kappa shape index (κ2) is 9.77. The molecule has 1 fully saturated rings. The van der Waals surface area contributed by atoms with Crippen LogP contribution in [0, 0.1) is 12.3 Å². The fourth-order valence-corrected chi connectivity index (χ4v) is 7.21. The molecule has 0 saturated carbocycles. The number of benzene rings is 1. The van der Waals surface area contributed by atoms with Crippen molar-refractivity contribution < 1.29 is 18.8 Å². The first kappa shape index (κ1) is 29.3. The highest BCUT2D eigenvalue weighted by Gasteiger charge is 2.47. The van der Waals surface area contributed by atoms with E-state index in [1.54, 1.807) is 0 Å². The van der Waals surface area contributed by atoms with Crippen molar-refractivity contribution in [3.05, 3.63) is 57.4 Å². The number of aryl methyl sites for hydroxylation is 1. The van der Waals surface area contributed by atoms with Gasteiger partial charge in [-0.25, -0.2) is 0 Å². The molecule has 210 valence electrons. The lowest BCUT2D eigenvalue weighted by Crippen LogP contribution is -2.60. The molecule has 38 heavy (non-hydrogen) atoms. The summed E-state index contributed by atoms with van der Waals surface area (Å²) in [6, 6.07) is 4.50. The molecule has 1 aromatic rings. The Morgan fingerprint density at radius 2 is 1.53 bits per heavy atom. The van der Waals surface area contributed by atoms with Gasteiger partial charge >= 0.3 is 8.60 Å². The van der Waals surface area contributed by atoms with E-state index in [4.69, 9.17) is 13.6 Å². The first-order chi connectivity index (χ1) is 17.3. The zero-order valence-corrected chi connectivity index (χ0v) is 26.5. The van der Waals surface area contributed by atoms with E-state index in [1.165, 1.54) is 21.8 Å². The lowest BCUT2D eigenvalue weighted by molar-refractivity contribution is -0.255. The van der Waals surface area contributed by atoms with Crippen molar-refractivity contribution in [2.45, 2.75) is 125 Å². The predicted molar refractivity (Wildman–Crippen MR) is 157 cm³/mol. The summed E-state index contributed by atoms with van der Waals surface area (Å²) < 4.78 is 20.0. The maximum Gasteiger partial charge on any atom is 0.463 e. The molecular weight excluding hydrogens is 493 g/mol. The molecular formula is C32H48NO4P. The van der Waals surface area contributed by atoms with Gasteiger partial charge in [0.25, 0.3) is 0 Å². The quantitative estimate of drug-likeness (QED) is 0.378.